The lowest BCUT2D eigenvalue weighted by Gasteiger charge is -2.30. The van der Waals surface area contributed by atoms with E-state index in [2.05, 4.69) is 16.3 Å². The summed E-state index contributed by atoms with van der Waals surface area (Å²) in [6.07, 6.45) is 1.65. The zero-order valence-corrected chi connectivity index (χ0v) is 18.6. The van der Waals surface area contributed by atoms with Gasteiger partial charge in [-0.1, -0.05) is 42.5 Å². The van der Waals surface area contributed by atoms with E-state index in [1.807, 2.05) is 64.1 Å². The van der Waals surface area contributed by atoms with Gasteiger partial charge >= 0.3 is 5.97 Å². The van der Waals surface area contributed by atoms with Gasteiger partial charge in [0.1, 0.15) is 5.92 Å². The summed E-state index contributed by atoms with van der Waals surface area (Å²) in [5.74, 6) is -1.20. The minimum atomic E-state index is -1.42. The first-order chi connectivity index (χ1) is 13.6. The molecule has 1 aromatic carbocycles. The summed E-state index contributed by atoms with van der Waals surface area (Å²) in [6.45, 7) is 13.8. The van der Waals surface area contributed by atoms with Crippen LogP contribution in [0.25, 0.3) is 5.57 Å². The summed E-state index contributed by atoms with van der Waals surface area (Å²) in [6, 6.07) is 12.6. The van der Waals surface area contributed by atoms with Crippen LogP contribution in [0.15, 0.2) is 55.2 Å². The maximum atomic E-state index is 13.0. The Morgan fingerprint density at radius 3 is 2.38 bits per heavy atom. The number of carbonyl (C=O) groups is 1. The number of aromatic nitrogens is 1. The first-order valence-corrected chi connectivity index (χ1v) is 10.8. The van der Waals surface area contributed by atoms with Crippen molar-refractivity contribution in [2.75, 3.05) is 6.61 Å². The molecule has 6 heteroatoms. The minimum absolute atomic E-state index is 0.244. The molecule has 2 aromatic rings. The summed E-state index contributed by atoms with van der Waals surface area (Å²) in [5, 5.41) is 0. The Hall–Kier alpha value is -2.31. The fraction of sp³-hybridized carbons (Fsp3) is 0.391. The van der Waals surface area contributed by atoms with Crippen molar-refractivity contribution in [3.05, 3.63) is 72.1 Å². The van der Waals surface area contributed by atoms with Crippen LogP contribution in [-0.2, 0) is 20.5 Å². The topological polar surface area (TPSA) is 68.3 Å². The molecule has 5 nitrogen and oxygen atoms in total. The Balaban J connectivity index is 2.53. The molecule has 1 unspecified atom stereocenters. The number of hydrogen-bond donors (Lipinski definition) is 1. The Bertz CT molecular complexity index is 858. The summed E-state index contributed by atoms with van der Waals surface area (Å²) in [5.41, 5.74) is 3.15. The lowest BCUT2D eigenvalue weighted by atomic mass is 9.86. The Kier molecular flexibility index (Phi) is 7.88. The second-order valence-electron chi connectivity index (χ2n) is 7.85. The van der Waals surface area contributed by atoms with Crippen LogP contribution in [0.2, 0.25) is 0 Å². The number of benzene rings is 1. The molecule has 0 aliphatic carbocycles. The average molecular weight is 415 g/mol. The molecule has 0 saturated carbocycles. The van der Waals surface area contributed by atoms with Gasteiger partial charge in [-0.15, -0.1) is 0 Å². The fourth-order valence-electron chi connectivity index (χ4n) is 2.81. The Morgan fingerprint density at radius 2 is 1.86 bits per heavy atom. The third-order valence-corrected chi connectivity index (χ3v) is 6.05. The van der Waals surface area contributed by atoms with Crippen molar-refractivity contribution in [2.24, 2.45) is 5.92 Å². The van der Waals surface area contributed by atoms with E-state index in [1.54, 1.807) is 19.2 Å². The van der Waals surface area contributed by atoms with Crippen LogP contribution in [0.4, 0.5) is 0 Å². The molecular weight excluding hydrogens is 384 g/mol. The van der Waals surface area contributed by atoms with Gasteiger partial charge in [0.2, 0.25) is 0 Å². The zero-order valence-electron chi connectivity index (χ0n) is 17.8. The molecule has 1 aromatic heterocycles. The maximum Gasteiger partial charge on any atom is 0.315 e. The molecule has 0 fully saturated rings. The number of ether oxygens (including phenoxy) is 1. The van der Waals surface area contributed by atoms with Gasteiger partial charge in [0.15, 0.2) is 0 Å². The molecule has 29 heavy (non-hydrogen) atoms. The van der Waals surface area contributed by atoms with Gasteiger partial charge in [-0.2, -0.15) is 0 Å². The molecule has 0 radical (unpaired) electrons. The van der Waals surface area contributed by atoms with Crippen LogP contribution in [0, 0.1) is 12.8 Å². The summed E-state index contributed by atoms with van der Waals surface area (Å²) < 4.78 is 20.9. The van der Waals surface area contributed by atoms with Crippen LogP contribution in [0.3, 0.4) is 0 Å². The molecular formula is C23H30N2O3S. The van der Waals surface area contributed by atoms with Gasteiger partial charge in [-0.3, -0.25) is 9.78 Å². The lowest BCUT2D eigenvalue weighted by Crippen LogP contribution is -2.41. The second kappa shape index (κ2) is 9.94. The molecule has 0 spiro atoms. The normalized spacial score (nSPS) is 14.7. The van der Waals surface area contributed by atoms with Crippen LogP contribution >= 0.6 is 0 Å². The molecule has 3 atom stereocenters. The summed E-state index contributed by atoms with van der Waals surface area (Å²) >= 11 is 0. The van der Waals surface area contributed by atoms with Crippen LogP contribution in [-0.4, -0.2) is 26.5 Å². The number of hydrogen-bond acceptors (Lipinski definition) is 4. The van der Waals surface area contributed by atoms with Crippen LogP contribution in [0.5, 0.6) is 0 Å². The van der Waals surface area contributed by atoms with E-state index >= 15 is 0 Å². The number of rotatable bonds is 8. The van der Waals surface area contributed by atoms with Crippen molar-refractivity contribution in [1.29, 1.82) is 0 Å². The average Bonchev–Trinajstić information content (AvgIpc) is 2.68. The number of nitrogens with one attached hydrogen (secondary N) is 1. The summed E-state index contributed by atoms with van der Waals surface area (Å²) in [4.78, 5) is 17.4. The van der Waals surface area contributed by atoms with Crippen molar-refractivity contribution in [1.82, 2.24) is 9.71 Å². The van der Waals surface area contributed by atoms with Gasteiger partial charge in [-0.25, -0.2) is 8.93 Å². The zero-order chi connectivity index (χ0) is 21.6. The van der Waals surface area contributed by atoms with E-state index in [9.17, 15) is 9.00 Å². The van der Waals surface area contributed by atoms with Crippen LogP contribution in [0.1, 0.15) is 50.6 Å². The molecule has 0 amide bonds. The second-order valence-corrected chi connectivity index (χ2v) is 9.85. The first kappa shape index (κ1) is 23.0. The third kappa shape index (κ3) is 6.08. The van der Waals surface area contributed by atoms with Crippen molar-refractivity contribution < 1.29 is 13.7 Å². The van der Waals surface area contributed by atoms with Gasteiger partial charge in [-0.05, 0) is 57.9 Å². The quantitative estimate of drug-likeness (QED) is 0.651. The monoisotopic (exact) mass is 414 g/mol. The highest BCUT2D eigenvalue weighted by atomic mass is 32.2. The van der Waals surface area contributed by atoms with E-state index in [0.29, 0.717) is 11.3 Å². The first-order valence-electron chi connectivity index (χ1n) is 9.66. The molecule has 0 aliphatic heterocycles. The molecule has 156 valence electrons. The Morgan fingerprint density at radius 1 is 1.21 bits per heavy atom. The number of esters is 1. The number of pyridine rings is 1. The molecule has 0 bridgehead atoms. The van der Waals surface area contributed by atoms with Crippen molar-refractivity contribution in [2.45, 2.75) is 45.4 Å². The number of carbonyl (C=O) groups excluding carboxylic acids is 1. The highest BCUT2D eigenvalue weighted by Gasteiger charge is 2.37. The summed E-state index contributed by atoms with van der Waals surface area (Å²) in [7, 11) is -1.42. The highest BCUT2D eigenvalue weighted by molar-refractivity contribution is 7.84. The van der Waals surface area contributed by atoms with Crippen molar-refractivity contribution >= 4 is 22.5 Å². The van der Waals surface area contributed by atoms with E-state index in [-0.39, 0.29) is 6.61 Å². The predicted molar refractivity (Wildman–Crippen MR) is 118 cm³/mol. The van der Waals surface area contributed by atoms with E-state index in [4.69, 9.17) is 4.74 Å². The fourth-order valence-corrected chi connectivity index (χ4v) is 3.65. The van der Waals surface area contributed by atoms with E-state index < -0.39 is 33.7 Å². The van der Waals surface area contributed by atoms with E-state index in [0.717, 1.165) is 11.1 Å². The number of aryl methyl sites for hydroxylation is 1. The SMILES string of the molecule is C=C(c1ccc(C)cc1)[C@@H](C(=O)OCC)[C@@H](NS(=O)C(C)(C)C)c1ccccn1. The highest BCUT2D eigenvalue weighted by Crippen LogP contribution is 2.34. The lowest BCUT2D eigenvalue weighted by molar-refractivity contribution is -0.146. The van der Waals surface area contributed by atoms with Crippen LogP contribution < -0.4 is 4.72 Å². The maximum absolute atomic E-state index is 13.0. The van der Waals surface area contributed by atoms with Gasteiger partial charge in [0, 0.05) is 6.20 Å². The van der Waals surface area contributed by atoms with E-state index in [1.165, 1.54) is 0 Å². The minimum Gasteiger partial charge on any atom is -0.465 e. The molecule has 1 N–H and O–H groups in total. The Labute approximate surface area is 176 Å². The molecule has 0 aliphatic rings. The third-order valence-electron chi connectivity index (χ3n) is 4.47. The number of nitrogens with zero attached hydrogens (tertiary/aromatic N) is 1. The standard InChI is InChI=1S/C23H30N2O3S/c1-7-28-22(26)20(17(3)18-13-11-16(2)12-14-18)21(19-10-8-9-15-24-19)25-29(27)23(4,5)6/h8-15,20-21,25H,3,7H2,1-2,4-6H3/t20-,21+,29?/m1/s1. The van der Waals surface area contributed by atoms with Crippen molar-refractivity contribution in [3.63, 3.8) is 0 Å². The molecule has 0 saturated heterocycles. The van der Waals surface area contributed by atoms with Crippen molar-refractivity contribution in [3.8, 4) is 0 Å². The molecule has 2 rings (SSSR count). The van der Waals surface area contributed by atoms with Gasteiger partial charge < -0.3 is 4.74 Å². The van der Waals surface area contributed by atoms with Gasteiger partial charge in [0.25, 0.3) is 0 Å². The molecule has 1 heterocycles. The smallest absolute Gasteiger partial charge is 0.315 e. The predicted octanol–water partition coefficient (Wildman–Crippen LogP) is 4.38. The van der Waals surface area contributed by atoms with Gasteiger partial charge in [0.05, 0.1) is 34.1 Å². The largest absolute Gasteiger partial charge is 0.465 e.